The Kier molecular flexibility index (Phi) is 5.26. The molecule has 3 heteroatoms. The molecule has 2 rings (SSSR count). The molecule has 0 bridgehead atoms. The standard InChI is InChI=1S/C16H17Cl2N/c17-14-10-9-12(15(18)11-14)7-4-8-16(19)13-5-2-1-3-6-13/h1-3,5-6,9-11,16H,4,7-8,19H2. The minimum Gasteiger partial charge on any atom is -0.324 e. The van der Waals surface area contributed by atoms with E-state index in [2.05, 4.69) is 12.1 Å². The van der Waals surface area contributed by atoms with E-state index in [1.807, 2.05) is 30.3 Å². The number of hydrogen-bond donors (Lipinski definition) is 1. The van der Waals surface area contributed by atoms with Crippen LogP contribution in [0.15, 0.2) is 48.5 Å². The Hall–Kier alpha value is -1.02. The molecule has 1 nitrogen and oxygen atoms in total. The van der Waals surface area contributed by atoms with Gasteiger partial charge in [-0.25, -0.2) is 0 Å². The Morgan fingerprint density at radius 1 is 1.00 bits per heavy atom. The van der Waals surface area contributed by atoms with Gasteiger partial charge in [-0.3, -0.25) is 0 Å². The van der Waals surface area contributed by atoms with Gasteiger partial charge in [0.1, 0.15) is 0 Å². The lowest BCUT2D eigenvalue weighted by molar-refractivity contribution is 0.611. The van der Waals surface area contributed by atoms with Gasteiger partial charge in [0.15, 0.2) is 0 Å². The molecule has 0 saturated carbocycles. The SMILES string of the molecule is NC(CCCc1ccc(Cl)cc1Cl)c1ccccc1. The van der Waals surface area contributed by atoms with Crippen LogP contribution in [0.4, 0.5) is 0 Å². The van der Waals surface area contributed by atoms with Crippen molar-refractivity contribution in [1.29, 1.82) is 0 Å². The van der Waals surface area contributed by atoms with Gasteiger partial charge in [0.05, 0.1) is 0 Å². The van der Waals surface area contributed by atoms with E-state index < -0.39 is 0 Å². The summed E-state index contributed by atoms with van der Waals surface area (Å²) < 4.78 is 0. The normalized spacial score (nSPS) is 12.4. The average Bonchev–Trinajstić information content (AvgIpc) is 2.42. The Morgan fingerprint density at radius 2 is 1.74 bits per heavy atom. The van der Waals surface area contributed by atoms with Gasteiger partial charge in [-0.1, -0.05) is 59.6 Å². The van der Waals surface area contributed by atoms with Crippen molar-refractivity contribution in [2.24, 2.45) is 5.73 Å². The summed E-state index contributed by atoms with van der Waals surface area (Å²) in [6.07, 6.45) is 2.89. The van der Waals surface area contributed by atoms with Crippen molar-refractivity contribution in [2.75, 3.05) is 0 Å². The van der Waals surface area contributed by atoms with Crippen molar-refractivity contribution in [1.82, 2.24) is 0 Å². The van der Waals surface area contributed by atoms with Gasteiger partial charge >= 0.3 is 0 Å². The molecule has 0 aromatic heterocycles. The van der Waals surface area contributed by atoms with Crippen LogP contribution in [0.5, 0.6) is 0 Å². The predicted molar refractivity (Wildman–Crippen MR) is 82.8 cm³/mol. The topological polar surface area (TPSA) is 26.0 Å². The Bertz CT molecular complexity index is 526. The second-order valence-electron chi connectivity index (χ2n) is 4.65. The highest BCUT2D eigenvalue weighted by atomic mass is 35.5. The monoisotopic (exact) mass is 293 g/mol. The van der Waals surface area contributed by atoms with Crippen LogP contribution in [0.1, 0.15) is 30.0 Å². The van der Waals surface area contributed by atoms with Crippen LogP contribution in [0, 0.1) is 0 Å². The maximum Gasteiger partial charge on any atom is 0.0452 e. The summed E-state index contributed by atoms with van der Waals surface area (Å²) in [4.78, 5) is 0. The van der Waals surface area contributed by atoms with Crippen molar-refractivity contribution >= 4 is 23.2 Å². The highest BCUT2D eigenvalue weighted by Gasteiger charge is 2.06. The second-order valence-corrected chi connectivity index (χ2v) is 5.49. The number of rotatable bonds is 5. The highest BCUT2D eigenvalue weighted by molar-refractivity contribution is 6.35. The van der Waals surface area contributed by atoms with Gasteiger partial charge in [0.25, 0.3) is 0 Å². The van der Waals surface area contributed by atoms with Crippen LogP contribution in [0.25, 0.3) is 0 Å². The summed E-state index contributed by atoms with van der Waals surface area (Å²) >= 11 is 12.0. The lowest BCUT2D eigenvalue weighted by Gasteiger charge is -2.12. The van der Waals surface area contributed by atoms with Gasteiger partial charge in [0.2, 0.25) is 0 Å². The van der Waals surface area contributed by atoms with E-state index in [1.54, 1.807) is 6.07 Å². The number of benzene rings is 2. The molecule has 100 valence electrons. The van der Waals surface area contributed by atoms with Gasteiger partial charge in [-0.15, -0.1) is 0 Å². The van der Waals surface area contributed by atoms with Crippen molar-refractivity contribution in [3.05, 3.63) is 69.7 Å². The lowest BCUT2D eigenvalue weighted by atomic mass is 10.00. The van der Waals surface area contributed by atoms with Crippen molar-refractivity contribution in [3.8, 4) is 0 Å². The number of aryl methyl sites for hydroxylation is 1. The van der Waals surface area contributed by atoms with Crippen molar-refractivity contribution < 1.29 is 0 Å². The fourth-order valence-electron chi connectivity index (χ4n) is 2.10. The lowest BCUT2D eigenvalue weighted by Crippen LogP contribution is -2.10. The third-order valence-electron chi connectivity index (χ3n) is 3.20. The molecule has 2 aromatic carbocycles. The fourth-order valence-corrected chi connectivity index (χ4v) is 2.61. The van der Waals surface area contributed by atoms with Crippen molar-refractivity contribution in [3.63, 3.8) is 0 Å². The first-order valence-electron chi connectivity index (χ1n) is 6.41. The fraction of sp³-hybridized carbons (Fsp3) is 0.250. The molecule has 2 N–H and O–H groups in total. The molecule has 0 saturated heterocycles. The maximum atomic E-state index is 6.17. The Morgan fingerprint density at radius 3 is 2.42 bits per heavy atom. The molecule has 1 atom stereocenters. The third-order valence-corrected chi connectivity index (χ3v) is 3.79. The molecular weight excluding hydrogens is 277 g/mol. The van der Waals surface area contributed by atoms with Crippen LogP contribution in [0.2, 0.25) is 10.0 Å². The molecule has 0 spiro atoms. The molecule has 19 heavy (non-hydrogen) atoms. The van der Waals surface area contributed by atoms with Gasteiger partial charge in [-0.2, -0.15) is 0 Å². The summed E-state index contributed by atoms with van der Waals surface area (Å²) in [7, 11) is 0. The van der Waals surface area contributed by atoms with Crippen molar-refractivity contribution in [2.45, 2.75) is 25.3 Å². The van der Waals surface area contributed by atoms with E-state index in [-0.39, 0.29) is 6.04 Å². The minimum absolute atomic E-state index is 0.0901. The molecule has 0 aliphatic rings. The van der Waals surface area contributed by atoms with Crippen LogP contribution in [0.3, 0.4) is 0 Å². The molecule has 0 radical (unpaired) electrons. The zero-order valence-electron chi connectivity index (χ0n) is 10.7. The first-order chi connectivity index (χ1) is 9.16. The first kappa shape index (κ1) is 14.4. The number of hydrogen-bond acceptors (Lipinski definition) is 1. The molecule has 0 fully saturated rings. The predicted octanol–water partition coefficient (Wildman–Crippen LogP) is 5.02. The number of halogens is 2. The molecule has 0 amide bonds. The zero-order valence-corrected chi connectivity index (χ0v) is 12.2. The maximum absolute atomic E-state index is 6.17. The Balaban J connectivity index is 1.86. The molecule has 2 aromatic rings. The van der Waals surface area contributed by atoms with Crippen LogP contribution in [-0.2, 0) is 6.42 Å². The van der Waals surface area contributed by atoms with Gasteiger partial charge < -0.3 is 5.73 Å². The van der Waals surface area contributed by atoms with Crippen LogP contribution < -0.4 is 5.73 Å². The van der Waals surface area contributed by atoms with Crippen LogP contribution in [-0.4, -0.2) is 0 Å². The quantitative estimate of drug-likeness (QED) is 0.823. The van der Waals surface area contributed by atoms with E-state index in [0.717, 1.165) is 29.8 Å². The molecule has 1 unspecified atom stereocenters. The summed E-state index contributed by atoms with van der Waals surface area (Å²) in [5.41, 5.74) is 8.48. The summed E-state index contributed by atoms with van der Waals surface area (Å²) in [5, 5.41) is 1.41. The van der Waals surface area contributed by atoms with Crippen LogP contribution >= 0.6 is 23.2 Å². The zero-order chi connectivity index (χ0) is 13.7. The summed E-state index contributed by atoms with van der Waals surface area (Å²) in [5.74, 6) is 0. The second kappa shape index (κ2) is 6.95. The smallest absolute Gasteiger partial charge is 0.0452 e. The van der Waals surface area contributed by atoms with E-state index in [4.69, 9.17) is 28.9 Å². The molecule has 0 aliphatic carbocycles. The van der Waals surface area contributed by atoms with Gasteiger partial charge in [0, 0.05) is 16.1 Å². The average molecular weight is 294 g/mol. The molecular formula is C16H17Cl2N. The summed E-state index contributed by atoms with van der Waals surface area (Å²) in [6.45, 7) is 0. The minimum atomic E-state index is 0.0901. The molecule has 0 aliphatic heterocycles. The van der Waals surface area contributed by atoms with E-state index in [9.17, 15) is 0 Å². The number of nitrogens with two attached hydrogens (primary N) is 1. The van der Waals surface area contributed by atoms with Gasteiger partial charge in [-0.05, 0) is 42.5 Å². The Labute approximate surface area is 124 Å². The molecule has 0 heterocycles. The highest BCUT2D eigenvalue weighted by Crippen LogP contribution is 2.24. The summed E-state index contributed by atoms with van der Waals surface area (Å²) in [6, 6.07) is 15.9. The first-order valence-corrected chi connectivity index (χ1v) is 7.17. The third kappa shape index (κ3) is 4.24. The van der Waals surface area contributed by atoms with E-state index >= 15 is 0 Å². The largest absolute Gasteiger partial charge is 0.324 e. The van der Waals surface area contributed by atoms with E-state index in [0.29, 0.717) is 5.02 Å². The van der Waals surface area contributed by atoms with E-state index in [1.165, 1.54) is 5.56 Å².